The molecule has 3 aromatic carbocycles. The first-order valence-electron chi connectivity index (χ1n) is 13.8. The zero-order chi connectivity index (χ0) is 28.3. The van der Waals surface area contributed by atoms with E-state index in [0.29, 0.717) is 12.5 Å². The molecule has 0 amide bonds. The van der Waals surface area contributed by atoms with E-state index in [-0.39, 0.29) is 0 Å². The van der Waals surface area contributed by atoms with Gasteiger partial charge >= 0.3 is 0 Å². The van der Waals surface area contributed by atoms with Gasteiger partial charge in [0.15, 0.2) is 4.96 Å². The molecule has 0 radical (unpaired) electrons. The second-order valence-electron chi connectivity index (χ2n) is 9.93. The SMILES string of the molecule is Clc1ccccc1CNc1cccc(-c2nc3sccn3c2-c2ccnc(Nc3ccc(N4CCOCC4)cc3)n2)c1. The third-order valence-electron chi connectivity index (χ3n) is 7.24. The van der Waals surface area contributed by atoms with Gasteiger partial charge in [0.2, 0.25) is 5.95 Å². The minimum atomic E-state index is 0.526. The Hall–Kier alpha value is -4.44. The molecule has 42 heavy (non-hydrogen) atoms. The largest absolute Gasteiger partial charge is 0.381 e. The first-order chi connectivity index (χ1) is 20.7. The van der Waals surface area contributed by atoms with E-state index in [9.17, 15) is 0 Å². The quantitative estimate of drug-likeness (QED) is 0.191. The highest BCUT2D eigenvalue weighted by Gasteiger charge is 2.19. The third-order valence-corrected chi connectivity index (χ3v) is 8.36. The first kappa shape index (κ1) is 26.5. The zero-order valence-electron chi connectivity index (χ0n) is 22.7. The maximum absolute atomic E-state index is 6.37. The molecule has 8 nitrogen and oxygen atoms in total. The number of nitrogens with zero attached hydrogens (tertiary/aromatic N) is 5. The Morgan fingerprint density at radius 1 is 0.905 bits per heavy atom. The number of imidazole rings is 1. The summed E-state index contributed by atoms with van der Waals surface area (Å²) in [6, 6.07) is 26.4. The second-order valence-corrected chi connectivity index (χ2v) is 11.2. The van der Waals surface area contributed by atoms with E-state index in [1.54, 1.807) is 17.5 Å². The number of rotatable bonds is 8. The van der Waals surface area contributed by atoms with Crippen LogP contribution in [-0.2, 0) is 11.3 Å². The standard InChI is InChI=1S/C32H28ClN7OS/c33-27-7-2-1-4-23(27)21-35-25-6-3-5-22(20-25)29-30(40-16-19-42-32(40)38-29)28-12-13-34-31(37-28)36-24-8-10-26(11-9-24)39-14-17-41-18-15-39/h1-13,16,19-20,35H,14-15,17-18,21H2,(H,34,36,37). The predicted octanol–water partition coefficient (Wildman–Crippen LogP) is 7.37. The van der Waals surface area contributed by atoms with Gasteiger partial charge in [-0.1, -0.05) is 41.9 Å². The lowest BCUT2D eigenvalue weighted by molar-refractivity contribution is 0.122. The number of fused-ring (bicyclic) bond motifs is 1. The van der Waals surface area contributed by atoms with E-state index in [1.165, 1.54) is 5.69 Å². The number of aromatic nitrogens is 4. The van der Waals surface area contributed by atoms with E-state index < -0.39 is 0 Å². The lowest BCUT2D eigenvalue weighted by Gasteiger charge is -2.28. The molecule has 1 aliphatic heterocycles. The summed E-state index contributed by atoms with van der Waals surface area (Å²) in [6.07, 6.45) is 3.81. The number of anilines is 4. The third kappa shape index (κ3) is 5.54. The van der Waals surface area contributed by atoms with Crippen molar-refractivity contribution in [1.82, 2.24) is 19.4 Å². The van der Waals surface area contributed by atoms with Gasteiger partial charge in [0, 0.05) is 65.1 Å². The van der Waals surface area contributed by atoms with Gasteiger partial charge in [-0.25, -0.2) is 15.0 Å². The molecule has 1 aliphatic rings. The van der Waals surface area contributed by atoms with Crippen molar-refractivity contribution in [3.63, 3.8) is 0 Å². The highest BCUT2D eigenvalue weighted by molar-refractivity contribution is 7.15. The molecule has 0 spiro atoms. The molecule has 0 saturated carbocycles. The van der Waals surface area contributed by atoms with Crippen molar-refractivity contribution >= 4 is 50.9 Å². The summed E-state index contributed by atoms with van der Waals surface area (Å²) in [5.41, 5.74) is 7.71. The molecule has 0 atom stereocenters. The smallest absolute Gasteiger partial charge is 0.227 e. The van der Waals surface area contributed by atoms with Crippen molar-refractivity contribution in [2.24, 2.45) is 0 Å². The Morgan fingerprint density at radius 3 is 2.62 bits per heavy atom. The molecule has 210 valence electrons. The van der Waals surface area contributed by atoms with Gasteiger partial charge in [-0.15, -0.1) is 11.3 Å². The van der Waals surface area contributed by atoms with E-state index >= 15 is 0 Å². The molecule has 10 heteroatoms. The fourth-order valence-electron chi connectivity index (χ4n) is 5.10. The van der Waals surface area contributed by atoms with E-state index in [4.69, 9.17) is 26.3 Å². The Labute approximate surface area is 252 Å². The molecule has 6 aromatic rings. The fraction of sp³-hybridized carbons (Fsp3) is 0.156. The normalized spacial score (nSPS) is 13.4. The van der Waals surface area contributed by atoms with Crippen LogP contribution in [0.4, 0.5) is 23.0 Å². The van der Waals surface area contributed by atoms with Crippen molar-refractivity contribution in [3.05, 3.63) is 107 Å². The lowest BCUT2D eigenvalue weighted by Crippen LogP contribution is -2.36. The molecule has 3 aromatic heterocycles. The maximum atomic E-state index is 6.37. The van der Waals surface area contributed by atoms with Crippen LogP contribution in [0.25, 0.3) is 27.6 Å². The van der Waals surface area contributed by atoms with Gasteiger partial charge in [0.05, 0.1) is 24.6 Å². The summed E-state index contributed by atoms with van der Waals surface area (Å²) in [7, 11) is 0. The minimum absolute atomic E-state index is 0.526. The van der Waals surface area contributed by atoms with Crippen LogP contribution >= 0.6 is 22.9 Å². The molecule has 4 heterocycles. The van der Waals surface area contributed by atoms with Crippen molar-refractivity contribution in [2.75, 3.05) is 41.8 Å². The van der Waals surface area contributed by atoms with Crippen molar-refractivity contribution in [1.29, 1.82) is 0 Å². The fourth-order valence-corrected chi connectivity index (χ4v) is 6.02. The highest BCUT2D eigenvalue weighted by Crippen LogP contribution is 2.35. The van der Waals surface area contributed by atoms with Gasteiger partial charge in [-0.2, -0.15) is 0 Å². The summed E-state index contributed by atoms with van der Waals surface area (Å²) >= 11 is 7.96. The average Bonchev–Trinajstić information content (AvgIpc) is 3.64. The molecule has 1 saturated heterocycles. The summed E-state index contributed by atoms with van der Waals surface area (Å²) in [4.78, 5) is 17.7. The van der Waals surface area contributed by atoms with Crippen LogP contribution in [0.5, 0.6) is 0 Å². The van der Waals surface area contributed by atoms with Gasteiger partial charge in [-0.05, 0) is 54.1 Å². The number of hydrogen-bond donors (Lipinski definition) is 2. The number of hydrogen-bond acceptors (Lipinski definition) is 8. The number of nitrogens with one attached hydrogen (secondary N) is 2. The van der Waals surface area contributed by atoms with Crippen molar-refractivity contribution in [2.45, 2.75) is 6.54 Å². The average molecular weight is 594 g/mol. The molecule has 1 fully saturated rings. The minimum Gasteiger partial charge on any atom is -0.381 e. The van der Waals surface area contributed by atoms with Crippen LogP contribution in [0.3, 0.4) is 0 Å². The zero-order valence-corrected chi connectivity index (χ0v) is 24.3. The summed E-state index contributed by atoms with van der Waals surface area (Å²) < 4.78 is 7.57. The second kappa shape index (κ2) is 11.8. The Morgan fingerprint density at radius 2 is 1.76 bits per heavy atom. The number of thiazole rings is 1. The number of benzene rings is 3. The van der Waals surface area contributed by atoms with E-state index in [2.05, 4.69) is 67.4 Å². The Bertz CT molecular complexity index is 1830. The van der Waals surface area contributed by atoms with E-state index in [0.717, 1.165) is 75.9 Å². The van der Waals surface area contributed by atoms with Crippen LogP contribution in [0.2, 0.25) is 5.02 Å². The van der Waals surface area contributed by atoms with Gasteiger partial charge in [0.25, 0.3) is 0 Å². The van der Waals surface area contributed by atoms with Gasteiger partial charge in [0.1, 0.15) is 5.69 Å². The van der Waals surface area contributed by atoms with Crippen molar-refractivity contribution in [3.8, 4) is 22.6 Å². The summed E-state index contributed by atoms with van der Waals surface area (Å²) in [6.45, 7) is 3.96. The van der Waals surface area contributed by atoms with Crippen LogP contribution in [-0.4, -0.2) is 45.7 Å². The maximum Gasteiger partial charge on any atom is 0.227 e. The molecular weight excluding hydrogens is 566 g/mol. The first-order valence-corrected chi connectivity index (χ1v) is 15.0. The van der Waals surface area contributed by atoms with E-state index in [1.807, 2.05) is 48.0 Å². The van der Waals surface area contributed by atoms with Crippen LogP contribution in [0.1, 0.15) is 5.56 Å². The highest BCUT2D eigenvalue weighted by atomic mass is 35.5. The topological polar surface area (TPSA) is 79.6 Å². The number of halogens is 1. The molecule has 0 unspecified atom stereocenters. The molecule has 2 N–H and O–H groups in total. The van der Waals surface area contributed by atoms with Gasteiger partial charge in [-0.3, -0.25) is 4.40 Å². The molecule has 0 aliphatic carbocycles. The summed E-state index contributed by atoms with van der Waals surface area (Å²) in [5.74, 6) is 0.526. The number of morpholine rings is 1. The monoisotopic (exact) mass is 593 g/mol. The van der Waals surface area contributed by atoms with Crippen molar-refractivity contribution < 1.29 is 4.74 Å². The Kier molecular flexibility index (Phi) is 7.44. The molecule has 7 rings (SSSR count). The lowest BCUT2D eigenvalue weighted by atomic mass is 10.1. The summed E-state index contributed by atoms with van der Waals surface area (Å²) in [5, 5.41) is 9.65. The molecule has 0 bridgehead atoms. The molecular formula is C32H28ClN7OS. The van der Waals surface area contributed by atoms with Gasteiger partial charge < -0.3 is 20.3 Å². The predicted molar refractivity (Wildman–Crippen MR) is 171 cm³/mol. The Balaban J connectivity index is 1.16. The van der Waals surface area contributed by atoms with Crippen LogP contribution in [0.15, 0.2) is 96.6 Å². The van der Waals surface area contributed by atoms with Crippen LogP contribution < -0.4 is 15.5 Å². The number of ether oxygens (including phenoxy) is 1. The van der Waals surface area contributed by atoms with Crippen LogP contribution in [0, 0.1) is 0 Å².